The molecule has 0 atom stereocenters. The number of benzene rings is 3. The van der Waals surface area contributed by atoms with Crippen molar-refractivity contribution in [3.63, 3.8) is 0 Å². The van der Waals surface area contributed by atoms with Crippen LogP contribution in [0, 0.1) is 12.7 Å². The number of halogens is 2. The Morgan fingerprint density at radius 1 is 1.03 bits per heavy atom. The molecule has 1 saturated heterocycles. The van der Waals surface area contributed by atoms with Crippen LogP contribution in [0.25, 0.3) is 0 Å². The van der Waals surface area contributed by atoms with E-state index >= 15 is 0 Å². The lowest BCUT2D eigenvalue weighted by atomic mass is 9.74. The Labute approximate surface area is 193 Å². The molecule has 2 aliphatic heterocycles. The van der Waals surface area contributed by atoms with E-state index < -0.39 is 0 Å². The molecule has 0 unspecified atom stereocenters. The molecule has 2 aliphatic rings. The summed E-state index contributed by atoms with van der Waals surface area (Å²) in [5, 5.41) is 0.536. The van der Waals surface area contributed by atoms with Gasteiger partial charge in [0, 0.05) is 34.8 Å². The molecule has 0 N–H and O–H groups in total. The van der Waals surface area contributed by atoms with E-state index in [0.29, 0.717) is 17.1 Å². The molecule has 5 rings (SSSR count). The first kappa shape index (κ1) is 21.2. The van der Waals surface area contributed by atoms with Crippen molar-refractivity contribution in [1.82, 2.24) is 4.90 Å². The van der Waals surface area contributed by atoms with Gasteiger partial charge in [-0.25, -0.2) is 4.39 Å². The monoisotopic (exact) mass is 448 g/mol. The Hall–Kier alpha value is -2.69. The van der Waals surface area contributed by atoms with Crippen LogP contribution < -0.4 is 4.90 Å². The third-order valence-corrected chi connectivity index (χ3v) is 7.17. The topological polar surface area (TPSA) is 23.6 Å². The predicted octanol–water partition coefficient (Wildman–Crippen LogP) is 5.98. The lowest BCUT2D eigenvalue weighted by Crippen LogP contribution is -2.45. The summed E-state index contributed by atoms with van der Waals surface area (Å²) in [6.45, 7) is 5.43. The molecular weight excluding hydrogens is 423 g/mol. The molecule has 5 heteroatoms. The number of piperidine rings is 1. The Morgan fingerprint density at radius 2 is 1.78 bits per heavy atom. The maximum atomic E-state index is 14.3. The van der Waals surface area contributed by atoms with Crippen molar-refractivity contribution in [1.29, 1.82) is 0 Å². The molecular formula is C27H26ClFN2O. The van der Waals surface area contributed by atoms with Crippen molar-refractivity contribution in [2.24, 2.45) is 0 Å². The van der Waals surface area contributed by atoms with Crippen molar-refractivity contribution in [3.05, 3.63) is 99.8 Å². The second-order valence-electron chi connectivity index (χ2n) is 9.11. The van der Waals surface area contributed by atoms with E-state index in [1.165, 1.54) is 17.2 Å². The number of fused-ring (bicyclic) bond motifs is 2. The number of anilines is 1. The third kappa shape index (κ3) is 3.94. The van der Waals surface area contributed by atoms with E-state index in [4.69, 9.17) is 11.6 Å². The van der Waals surface area contributed by atoms with Gasteiger partial charge in [0.05, 0.1) is 0 Å². The van der Waals surface area contributed by atoms with E-state index in [9.17, 15) is 9.18 Å². The SMILES string of the molecule is Cc1ccc(CN2CCC3(CC2)CN(C(=O)c2cccc(Cl)c2)c2ccc(F)cc23)cc1. The van der Waals surface area contributed by atoms with Gasteiger partial charge in [0.2, 0.25) is 0 Å². The molecule has 0 aliphatic carbocycles. The number of aryl methyl sites for hydroxylation is 1. The van der Waals surface area contributed by atoms with Crippen molar-refractivity contribution in [2.45, 2.75) is 31.7 Å². The van der Waals surface area contributed by atoms with E-state index in [1.807, 2.05) is 4.90 Å². The zero-order valence-electron chi connectivity index (χ0n) is 18.2. The normalized spacial score (nSPS) is 17.5. The number of carbonyl (C=O) groups excluding carboxylic acids is 1. The molecule has 0 radical (unpaired) electrons. The summed E-state index contributed by atoms with van der Waals surface area (Å²) in [5.41, 5.74) is 4.70. The summed E-state index contributed by atoms with van der Waals surface area (Å²) < 4.78 is 14.3. The molecule has 0 saturated carbocycles. The van der Waals surface area contributed by atoms with Crippen molar-refractivity contribution >= 4 is 23.2 Å². The molecule has 164 valence electrons. The average Bonchev–Trinajstić information content (AvgIpc) is 3.10. The van der Waals surface area contributed by atoms with Crippen LogP contribution in [-0.2, 0) is 12.0 Å². The highest BCUT2D eigenvalue weighted by Gasteiger charge is 2.46. The smallest absolute Gasteiger partial charge is 0.258 e. The maximum absolute atomic E-state index is 14.3. The summed E-state index contributed by atoms with van der Waals surface area (Å²) in [7, 11) is 0. The van der Waals surface area contributed by atoms with Crippen LogP contribution in [0.15, 0.2) is 66.7 Å². The number of likely N-dealkylation sites (tertiary alicyclic amines) is 1. The highest BCUT2D eigenvalue weighted by molar-refractivity contribution is 6.31. The minimum Gasteiger partial charge on any atom is -0.307 e. The van der Waals surface area contributed by atoms with Crippen LogP contribution >= 0.6 is 11.6 Å². The summed E-state index contributed by atoms with van der Waals surface area (Å²) in [6.07, 6.45) is 1.79. The van der Waals surface area contributed by atoms with Gasteiger partial charge in [-0.05, 0) is 80.4 Å². The van der Waals surface area contributed by atoms with Gasteiger partial charge >= 0.3 is 0 Å². The second kappa shape index (κ2) is 8.34. The fourth-order valence-corrected chi connectivity index (χ4v) is 5.31. The van der Waals surface area contributed by atoms with E-state index in [0.717, 1.165) is 43.7 Å². The Balaban J connectivity index is 1.38. The predicted molar refractivity (Wildman–Crippen MR) is 127 cm³/mol. The van der Waals surface area contributed by atoms with Gasteiger partial charge in [0.15, 0.2) is 0 Å². The molecule has 3 aromatic carbocycles. The Bertz CT molecular complexity index is 1150. The molecule has 1 fully saturated rings. The average molecular weight is 449 g/mol. The van der Waals surface area contributed by atoms with Gasteiger partial charge in [-0.2, -0.15) is 0 Å². The summed E-state index contributed by atoms with van der Waals surface area (Å²) >= 11 is 6.12. The number of nitrogens with zero attached hydrogens (tertiary/aromatic N) is 2. The zero-order chi connectivity index (χ0) is 22.3. The van der Waals surface area contributed by atoms with Crippen molar-refractivity contribution in [2.75, 3.05) is 24.5 Å². The molecule has 3 nitrogen and oxygen atoms in total. The minimum atomic E-state index is -0.248. The molecule has 32 heavy (non-hydrogen) atoms. The van der Waals surface area contributed by atoms with Crippen LogP contribution in [0.2, 0.25) is 5.02 Å². The third-order valence-electron chi connectivity index (χ3n) is 6.94. The Kier molecular flexibility index (Phi) is 5.52. The second-order valence-corrected chi connectivity index (χ2v) is 9.54. The zero-order valence-corrected chi connectivity index (χ0v) is 18.9. The van der Waals surface area contributed by atoms with Crippen LogP contribution in [0.5, 0.6) is 0 Å². The summed E-state index contributed by atoms with van der Waals surface area (Å²) in [4.78, 5) is 17.6. The Morgan fingerprint density at radius 3 is 2.50 bits per heavy atom. The highest BCUT2D eigenvalue weighted by atomic mass is 35.5. The van der Waals surface area contributed by atoms with Crippen LogP contribution in [0.1, 0.15) is 39.9 Å². The molecule has 1 amide bonds. The highest BCUT2D eigenvalue weighted by Crippen LogP contribution is 2.48. The van der Waals surface area contributed by atoms with E-state index in [-0.39, 0.29) is 17.1 Å². The largest absolute Gasteiger partial charge is 0.307 e. The van der Waals surface area contributed by atoms with Crippen molar-refractivity contribution in [3.8, 4) is 0 Å². The standard InChI is InChI=1S/C27H26ClFN2O/c1-19-5-7-20(8-6-19)17-30-13-11-27(12-14-30)18-31(25-10-9-23(29)16-24(25)27)26(32)21-3-2-4-22(28)15-21/h2-10,15-16H,11-14,17-18H2,1H3. The fourth-order valence-electron chi connectivity index (χ4n) is 5.12. The molecule has 0 bridgehead atoms. The first-order chi connectivity index (χ1) is 15.4. The lowest BCUT2D eigenvalue weighted by Gasteiger charge is -2.40. The van der Waals surface area contributed by atoms with Gasteiger partial charge in [-0.1, -0.05) is 47.5 Å². The number of hydrogen-bond acceptors (Lipinski definition) is 2. The maximum Gasteiger partial charge on any atom is 0.258 e. The van der Waals surface area contributed by atoms with E-state index in [2.05, 4.69) is 36.1 Å². The minimum absolute atomic E-state index is 0.0840. The van der Waals surface area contributed by atoms with E-state index in [1.54, 1.807) is 36.4 Å². The van der Waals surface area contributed by atoms with Gasteiger partial charge in [0.1, 0.15) is 5.82 Å². The molecule has 0 aromatic heterocycles. The molecule has 3 aromatic rings. The number of hydrogen-bond donors (Lipinski definition) is 0. The van der Waals surface area contributed by atoms with Gasteiger partial charge in [0.25, 0.3) is 5.91 Å². The number of carbonyl (C=O) groups is 1. The first-order valence-electron chi connectivity index (χ1n) is 11.1. The van der Waals surface area contributed by atoms with Crippen LogP contribution in [-0.4, -0.2) is 30.4 Å². The molecule has 2 heterocycles. The quantitative estimate of drug-likeness (QED) is 0.492. The van der Waals surface area contributed by atoms with Crippen LogP contribution in [0.3, 0.4) is 0 Å². The summed E-state index contributed by atoms with van der Waals surface area (Å²) in [5.74, 6) is -0.332. The van der Waals surface area contributed by atoms with Gasteiger partial charge < -0.3 is 4.90 Å². The molecule has 1 spiro atoms. The number of rotatable bonds is 3. The number of amides is 1. The fraction of sp³-hybridized carbons (Fsp3) is 0.296. The first-order valence-corrected chi connectivity index (χ1v) is 11.5. The summed E-state index contributed by atoms with van der Waals surface area (Å²) in [6, 6.07) is 20.5. The van der Waals surface area contributed by atoms with Crippen molar-refractivity contribution < 1.29 is 9.18 Å². The lowest BCUT2D eigenvalue weighted by molar-refractivity contribution is 0.0975. The van der Waals surface area contributed by atoms with Gasteiger partial charge in [-0.3, -0.25) is 9.69 Å². The van der Waals surface area contributed by atoms with Crippen LogP contribution in [0.4, 0.5) is 10.1 Å². The van der Waals surface area contributed by atoms with Gasteiger partial charge in [-0.15, -0.1) is 0 Å².